The fraction of sp³-hybridized carbons (Fsp3) is 0.500. The molecule has 0 N–H and O–H groups in total. The van der Waals surface area contributed by atoms with E-state index in [1.165, 1.54) is 22.3 Å². The van der Waals surface area contributed by atoms with Gasteiger partial charge in [0.15, 0.2) is 0 Å². The standard InChI is InChI=1S/C38H49NO4/c1-37(2,3)42-32-17-19-34-30(26-32)14-18-33(28-10-8-7-9-11-28)35(34)29-12-15-31(16-13-29)41-25-22-27-20-23-39(24-21-27)36(40)43-38(4,5)6/h7-13,15-17,19,26-27,33,35H,14,18,20-25H2,1-6H3/t33-,35+/m1/s1. The van der Waals surface area contributed by atoms with Crippen molar-refractivity contribution in [2.75, 3.05) is 19.7 Å². The molecule has 0 unspecified atom stereocenters. The summed E-state index contributed by atoms with van der Waals surface area (Å²) < 4.78 is 18.0. The van der Waals surface area contributed by atoms with Crippen LogP contribution in [0.2, 0.25) is 0 Å². The lowest BCUT2D eigenvalue weighted by Crippen LogP contribution is -2.41. The minimum Gasteiger partial charge on any atom is -0.494 e. The largest absolute Gasteiger partial charge is 0.494 e. The summed E-state index contributed by atoms with van der Waals surface area (Å²) in [7, 11) is 0. The van der Waals surface area contributed by atoms with Crippen LogP contribution in [0, 0.1) is 5.92 Å². The zero-order valence-corrected chi connectivity index (χ0v) is 26.9. The van der Waals surface area contributed by atoms with Gasteiger partial charge in [-0.3, -0.25) is 0 Å². The number of nitrogens with zero attached hydrogens (tertiary/aromatic N) is 1. The van der Waals surface area contributed by atoms with Crippen LogP contribution < -0.4 is 9.47 Å². The topological polar surface area (TPSA) is 48.0 Å². The molecule has 1 aliphatic carbocycles. The molecule has 1 fully saturated rings. The highest BCUT2D eigenvalue weighted by atomic mass is 16.6. The predicted octanol–water partition coefficient (Wildman–Crippen LogP) is 9.14. The fourth-order valence-electron chi connectivity index (χ4n) is 6.53. The van der Waals surface area contributed by atoms with Crippen LogP contribution in [-0.4, -0.2) is 41.9 Å². The van der Waals surface area contributed by atoms with Crippen LogP contribution in [0.3, 0.4) is 0 Å². The second-order valence-electron chi connectivity index (χ2n) is 14.2. The van der Waals surface area contributed by atoms with Crippen molar-refractivity contribution in [1.29, 1.82) is 0 Å². The summed E-state index contributed by atoms with van der Waals surface area (Å²) >= 11 is 0. The van der Waals surface area contributed by atoms with Crippen LogP contribution in [0.1, 0.15) is 101 Å². The Hall–Kier alpha value is -3.47. The van der Waals surface area contributed by atoms with Crippen molar-refractivity contribution >= 4 is 6.09 Å². The summed E-state index contributed by atoms with van der Waals surface area (Å²) in [5.74, 6) is 3.12. The SMILES string of the molecule is CC(C)(C)OC(=O)N1CCC(CCOc2ccc([C@@H]3c4ccc(OC(C)(C)C)cc4CC[C@@H]3c3ccccc3)cc2)CC1. The van der Waals surface area contributed by atoms with Crippen molar-refractivity contribution in [3.63, 3.8) is 0 Å². The van der Waals surface area contributed by atoms with Gasteiger partial charge in [-0.2, -0.15) is 0 Å². The van der Waals surface area contributed by atoms with Crippen molar-refractivity contribution in [2.24, 2.45) is 5.92 Å². The number of hydrogen-bond acceptors (Lipinski definition) is 4. The van der Waals surface area contributed by atoms with Gasteiger partial charge < -0.3 is 19.1 Å². The molecule has 5 rings (SSSR count). The highest BCUT2D eigenvalue weighted by Crippen LogP contribution is 2.47. The molecule has 0 spiro atoms. The summed E-state index contributed by atoms with van der Waals surface area (Å²) in [6, 6.07) is 26.4. The van der Waals surface area contributed by atoms with Crippen LogP contribution in [0.5, 0.6) is 11.5 Å². The molecule has 1 saturated heterocycles. The van der Waals surface area contributed by atoms with E-state index in [1.807, 2.05) is 25.7 Å². The molecular weight excluding hydrogens is 534 g/mol. The lowest BCUT2D eigenvalue weighted by Gasteiger charge is -2.35. The number of fused-ring (bicyclic) bond motifs is 1. The van der Waals surface area contributed by atoms with Gasteiger partial charge in [-0.25, -0.2) is 4.79 Å². The second kappa shape index (κ2) is 13.0. The lowest BCUT2D eigenvalue weighted by atomic mass is 9.69. The summed E-state index contributed by atoms with van der Waals surface area (Å²) in [5, 5.41) is 0. The average Bonchev–Trinajstić information content (AvgIpc) is 2.96. The first kappa shape index (κ1) is 31.0. The molecule has 5 nitrogen and oxygen atoms in total. The number of benzene rings is 3. The van der Waals surface area contributed by atoms with Gasteiger partial charge in [-0.1, -0.05) is 48.5 Å². The number of amides is 1. The average molecular weight is 584 g/mol. The summed E-state index contributed by atoms with van der Waals surface area (Å²) in [6.07, 6.45) is 4.93. The summed E-state index contributed by atoms with van der Waals surface area (Å²) in [6.45, 7) is 14.2. The Morgan fingerprint density at radius 1 is 0.791 bits per heavy atom. The third kappa shape index (κ3) is 8.34. The Bertz CT molecular complexity index is 1350. The lowest BCUT2D eigenvalue weighted by molar-refractivity contribution is 0.0177. The molecule has 2 atom stereocenters. The monoisotopic (exact) mass is 583 g/mol. The minimum atomic E-state index is -0.454. The van der Waals surface area contributed by atoms with Crippen molar-refractivity contribution < 1.29 is 19.0 Å². The molecule has 1 amide bonds. The van der Waals surface area contributed by atoms with E-state index in [1.54, 1.807) is 0 Å². The molecule has 0 aromatic heterocycles. The molecule has 0 bridgehead atoms. The van der Waals surface area contributed by atoms with Gasteiger partial charge in [-0.15, -0.1) is 0 Å². The van der Waals surface area contributed by atoms with Gasteiger partial charge in [0.1, 0.15) is 22.7 Å². The molecule has 0 radical (unpaired) electrons. The fourth-order valence-corrected chi connectivity index (χ4v) is 6.53. The Balaban J connectivity index is 1.23. The predicted molar refractivity (Wildman–Crippen MR) is 173 cm³/mol. The highest BCUT2D eigenvalue weighted by Gasteiger charge is 2.32. The van der Waals surface area contributed by atoms with Crippen LogP contribution in [0.15, 0.2) is 72.8 Å². The number of likely N-dealkylation sites (tertiary alicyclic amines) is 1. The molecule has 5 heteroatoms. The van der Waals surface area contributed by atoms with E-state index < -0.39 is 5.60 Å². The van der Waals surface area contributed by atoms with Gasteiger partial charge >= 0.3 is 6.09 Å². The van der Waals surface area contributed by atoms with Gasteiger partial charge in [0.2, 0.25) is 0 Å². The zero-order valence-electron chi connectivity index (χ0n) is 26.9. The Labute approximate surface area is 258 Å². The number of aryl methyl sites for hydroxylation is 1. The Morgan fingerprint density at radius 3 is 2.12 bits per heavy atom. The number of carbonyl (C=O) groups is 1. The maximum atomic E-state index is 12.4. The van der Waals surface area contributed by atoms with Crippen LogP contribution in [0.25, 0.3) is 0 Å². The van der Waals surface area contributed by atoms with Crippen molar-refractivity contribution in [2.45, 2.75) is 96.7 Å². The van der Waals surface area contributed by atoms with E-state index in [0.717, 1.165) is 56.7 Å². The summed E-state index contributed by atoms with van der Waals surface area (Å²) in [4.78, 5) is 14.2. The molecule has 1 heterocycles. The third-order valence-corrected chi connectivity index (χ3v) is 8.53. The molecule has 3 aromatic carbocycles. The van der Waals surface area contributed by atoms with E-state index in [0.29, 0.717) is 18.4 Å². The Morgan fingerprint density at radius 2 is 1.47 bits per heavy atom. The quantitative estimate of drug-likeness (QED) is 0.278. The maximum Gasteiger partial charge on any atom is 0.410 e. The third-order valence-electron chi connectivity index (χ3n) is 8.53. The van der Waals surface area contributed by atoms with Crippen LogP contribution in [-0.2, 0) is 11.2 Å². The number of carbonyl (C=O) groups excluding carboxylic acids is 1. The smallest absolute Gasteiger partial charge is 0.410 e. The minimum absolute atomic E-state index is 0.198. The van der Waals surface area contributed by atoms with E-state index in [-0.39, 0.29) is 17.6 Å². The number of piperidine rings is 1. The molecule has 3 aromatic rings. The molecule has 0 saturated carbocycles. The van der Waals surface area contributed by atoms with Gasteiger partial charge in [0.25, 0.3) is 0 Å². The molecular formula is C38H49NO4. The van der Waals surface area contributed by atoms with E-state index in [2.05, 4.69) is 93.6 Å². The number of rotatable bonds is 7. The highest BCUT2D eigenvalue weighted by molar-refractivity contribution is 5.68. The first-order valence-corrected chi connectivity index (χ1v) is 16.0. The van der Waals surface area contributed by atoms with Gasteiger partial charge in [-0.05, 0) is 132 Å². The van der Waals surface area contributed by atoms with Crippen LogP contribution >= 0.6 is 0 Å². The van der Waals surface area contributed by atoms with E-state index >= 15 is 0 Å². The van der Waals surface area contributed by atoms with Crippen molar-refractivity contribution in [3.8, 4) is 11.5 Å². The van der Waals surface area contributed by atoms with Crippen LogP contribution in [0.4, 0.5) is 4.79 Å². The van der Waals surface area contributed by atoms with E-state index in [9.17, 15) is 4.79 Å². The zero-order chi connectivity index (χ0) is 30.6. The number of hydrogen-bond donors (Lipinski definition) is 0. The maximum absolute atomic E-state index is 12.4. The normalized spacial score (nSPS) is 19.4. The first-order chi connectivity index (χ1) is 20.4. The molecule has 230 valence electrons. The number of ether oxygens (including phenoxy) is 3. The van der Waals surface area contributed by atoms with Gasteiger partial charge in [0, 0.05) is 19.0 Å². The van der Waals surface area contributed by atoms with Gasteiger partial charge in [0.05, 0.1) is 6.61 Å². The molecule has 2 aliphatic rings. The second-order valence-corrected chi connectivity index (χ2v) is 14.2. The summed E-state index contributed by atoms with van der Waals surface area (Å²) in [5.41, 5.74) is 4.82. The van der Waals surface area contributed by atoms with Crippen molar-refractivity contribution in [1.82, 2.24) is 4.90 Å². The molecule has 43 heavy (non-hydrogen) atoms. The first-order valence-electron chi connectivity index (χ1n) is 16.0. The Kier molecular flexibility index (Phi) is 9.39. The molecule has 1 aliphatic heterocycles. The van der Waals surface area contributed by atoms with Crippen molar-refractivity contribution in [3.05, 3.63) is 95.1 Å². The van der Waals surface area contributed by atoms with E-state index in [4.69, 9.17) is 14.2 Å².